The Hall–Kier alpha value is -1.46. The third-order valence-electron chi connectivity index (χ3n) is 2.31. The molecule has 18 heavy (non-hydrogen) atoms. The molecule has 1 aromatic heterocycles. The van der Waals surface area contributed by atoms with Crippen molar-refractivity contribution < 1.29 is 14.3 Å². The SMILES string of the molecule is COC[C@H](C)OCCC(=O)Nc1ccc(C)cn1. The summed E-state index contributed by atoms with van der Waals surface area (Å²) in [5.41, 5.74) is 1.06. The van der Waals surface area contributed by atoms with E-state index in [0.717, 1.165) is 5.56 Å². The van der Waals surface area contributed by atoms with Gasteiger partial charge < -0.3 is 14.8 Å². The van der Waals surface area contributed by atoms with Crippen LogP contribution in [0.3, 0.4) is 0 Å². The minimum absolute atomic E-state index is 0.000278. The summed E-state index contributed by atoms with van der Waals surface area (Å²) in [4.78, 5) is 15.7. The van der Waals surface area contributed by atoms with Gasteiger partial charge in [-0.1, -0.05) is 6.07 Å². The molecule has 0 fully saturated rings. The molecule has 0 aromatic carbocycles. The van der Waals surface area contributed by atoms with Crippen LogP contribution in [0.5, 0.6) is 0 Å². The lowest BCUT2D eigenvalue weighted by Crippen LogP contribution is -2.19. The van der Waals surface area contributed by atoms with Crippen LogP contribution < -0.4 is 5.32 Å². The molecule has 5 heteroatoms. The van der Waals surface area contributed by atoms with Crippen LogP contribution in [0.15, 0.2) is 18.3 Å². The summed E-state index contributed by atoms with van der Waals surface area (Å²) in [7, 11) is 1.62. The number of nitrogens with zero attached hydrogens (tertiary/aromatic N) is 1. The first-order valence-corrected chi connectivity index (χ1v) is 5.95. The Bertz CT molecular complexity index is 365. The largest absolute Gasteiger partial charge is 0.382 e. The maximum Gasteiger partial charge on any atom is 0.227 e. The third-order valence-corrected chi connectivity index (χ3v) is 2.31. The molecule has 0 saturated carbocycles. The van der Waals surface area contributed by atoms with Crippen molar-refractivity contribution in [2.45, 2.75) is 26.4 Å². The van der Waals surface area contributed by atoms with Gasteiger partial charge in [-0.05, 0) is 25.5 Å². The van der Waals surface area contributed by atoms with Gasteiger partial charge in [-0.15, -0.1) is 0 Å². The zero-order valence-corrected chi connectivity index (χ0v) is 11.1. The number of anilines is 1. The van der Waals surface area contributed by atoms with Gasteiger partial charge >= 0.3 is 0 Å². The van der Waals surface area contributed by atoms with Crippen molar-refractivity contribution in [1.29, 1.82) is 0 Å². The topological polar surface area (TPSA) is 60.5 Å². The molecule has 0 radical (unpaired) electrons. The molecule has 0 unspecified atom stereocenters. The zero-order valence-electron chi connectivity index (χ0n) is 11.1. The zero-order chi connectivity index (χ0) is 13.4. The van der Waals surface area contributed by atoms with E-state index in [9.17, 15) is 4.79 Å². The summed E-state index contributed by atoms with van der Waals surface area (Å²) in [6.45, 7) is 4.76. The molecule has 1 amide bonds. The Morgan fingerprint density at radius 3 is 2.89 bits per heavy atom. The Balaban J connectivity index is 2.23. The fourth-order valence-electron chi connectivity index (χ4n) is 1.38. The van der Waals surface area contributed by atoms with Crippen LogP contribution in [-0.2, 0) is 14.3 Å². The molecule has 0 aliphatic rings. The number of aromatic nitrogens is 1. The van der Waals surface area contributed by atoms with Crippen molar-refractivity contribution in [3.63, 3.8) is 0 Å². The highest BCUT2D eigenvalue weighted by atomic mass is 16.5. The molecule has 100 valence electrons. The number of methoxy groups -OCH3 is 1. The van der Waals surface area contributed by atoms with Crippen molar-refractivity contribution in [3.8, 4) is 0 Å². The maximum atomic E-state index is 11.6. The van der Waals surface area contributed by atoms with Gasteiger partial charge in [0.1, 0.15) is 5.82 Å². The number of nitrogens with one attached hydrogen (secondary N) is 1. The van der Waals surface area contributed by atoms with E-state index in [1.807, 2.05) is 19.9 Å². The van der Waals surface area contributed by atoms with Crippen LogP contribution in [0, 0.1) is 6.92 Å². The summed E-state index contributed by atoms with van der Waals surface area (Å²) >= 11 is 0. The molecule has 0 aliphatic heterocycles. The molecule has 0 aliphatic carbocycles. The van der Waals surface area contributed by atoms with Crippen LogP contribution in [0.25, 0.3) is 0 Å². The molecule has 0 spiro atoms. The van der Waals surface area contributed by atoms with Crippen molar-refractivity contribution >= 4 is 11.7 Å². The third kappa shape index (κ3) is 5.75. The van der Waals surface area contributed by atoms with Crippen LogP contribution >= 0.6 is 0 Å². The highest BCUT2D eigenvalue weighted by Gasteiger charge is 2.05. The van der Waals surface area contributed by atoms with Gasteiger partial charge in [-0.2, -0.15) is 0 Å². The van der Waals surface area contributed by atoms with Crippen molar-refractivity contribution in [3.05, 3.63) is 23.9 Å². The normalized spacial score (nSPS) is 12.2. The lowest BCUT2D eigenvalue weighted by Gasteiger charge is -2.11. The first-order valence-electron chi connectivity index (χ1n) is 5.95. The van der Waals surface area contributed by atoms with E-state index < -0.39 is 0 Å². The van der Waals surface area contributed by atoms with E-state index in [-0.39, 0.29) is 12.0 Å². The Morgan fingerprint density at radius 1 is 1.50 bits per heavy atom. The molecular formula is C13H20N2O3. The van der Waals surface area contributed by atoms with Crippen molar-refractivity contribution in [2.24, 2.45) is 0 Å². The Kier molecular flexibility index (Phi) is 6.32. The highest BCUT2D eigenvalue weighted by Crippen LogP contribution is 2.04. The summed E-state index contributed by atoms with van der Waals surface area (Å²) in [6, 6.07) is 3.68. The van der Waals surface area contributed by atoms with Gasteiger partial charge in [0.05, 0.1) is 25.7 Å². The van der Waals surface area contributed by atoms with Crippen LogP contribution in [0.4, 0.5) is 5.82 Å². The minimum Gasteiger partial charge on any atom is -0.382 e. The number of amides is 1. The van der Waals surface area contributed by atoms with Crippen molar-refractivity contribution in [1.82, 2.24) is 4.98 Å². The minimum atomic E-state index is -0.101. The monoisotopic (exact) mass is 252 g/mol. The molecule has 1 heterocycles. The number of hydrogen-bond donors (Lipinski definition) is 1. The lowest BCUT2D eigenvalue weighted by atomic mass is 10.3. The molecule has 1 rings (SSSR count). The maximum absolute atomic E-state index is 11.6. The predicted molar refractivity (Wildman–Crippen MR) is 69.5 cm³/mol. The second-order valence-electron chi connectivity index (χ2n) is 4.16. The molecule has 1 N–H and O–H groups in total. The van der Waals surface area contributed by atoms with E-state index >= 15 is 0 Å². The smallest absolute Gasteiger partial charge is 0.227 e. The summed E-state index contributed by atoms with van der Waals surface area (Å²) in [5, 5.41) is 2.71. The first-order chi connectivity index (χ1) is 8.61. The summed E-state index contributed by atoms with van der Waals surface area (Å²) < 4.78 is 10.3. The summed E-state index contributed by atoms with van der Waals surface area (Å²) in [6.07, 6.45) is 2.02. The van der Waals surface area contributed by atoms with E-state index in [4.69, 9.17) is 9.47 Å². The molecule has 5 nitrogen and oxygen atoms in total. The molecule has 1 aromatic rings. The highest BCUT2D eigenvalue weighted by molar-refractivity contribution is 5.89. The number of hydrogen-bond acceptors (Lipinski definition) is 4. The second-order valence-corrected chi connectivity index (χ2v) is 4.16. The lowest BCUT2D eigenvalue weighted by molar-refractivity contribution is -0.117. The van der Waals surface area contributed by atoms with Gasteiger partial charge in [0.25, 0.3) is 0 Å². The predicted octanol–water partition coefficient (Wildman–Crippen LogP) is 1.77. The van der Waals surface area contributed by atoms with Gasteiger partial charge in [0.2, 0.25) is 5.91 Å². The average molecular weight is 252 g/mol. The fraction of sp³-hybridized carbons (Fsp3) is 0.538. The first kappa shape index (κ1) is 14.6. The standard InChI is InChI=1S/C13H20N2O3/c1-10-4-5-12(14-8-10)15-13(16)6-7-18-11(2)9-17-3/h4-5,8,11H,6-7,9H2,1-3H3,(H,14,15,16)/t11-/m0/s1. The number of carbonyl (C=O) groups excluding carboxylic acids is 1. The summed E-state index contributed by atoms with van der Waals surface area (Å²) in [5.74, 6) is 0.464. The van der Waals surface area contributed by atoms with E-state index in [0.29, 0.717) is 25.5 Å². The number of carbonyl (C=O) groups is 1. The number of ether oxygens (including phenoxy) is 2. The van der Waals surface area contributed by atoms with Crippen LogP contribution in [-0.4, -0.2) is 37.3 Å². The van der Waals surface area contributed by atoms with E-state index in [1.165, 1.54) is 0 Å². The second kappa shape index (κ2) is 7.79. The Morgan fingerprint density at radius 2 is 2.28 bits per heavy atom. The number of pyridine rings is 1. The van der Waals surface area contributed by atoms with Gasteiger partial charge in [-0.3, -0.25) is 4.79 Å². The fourth-order valence-corrected chi connectivity index (χ4v) is 1.38. The number of aryl methyl sites for hydroxylation is 1. The van der Waals surface area contributed by atoms with Crippen molar-refractivity contribution in [2.75, 3.05) is 25.6 Å². The van der Waals surface area contributed by atoms with Gasteiger partial charge in [0.15, 0.2) is 0 Å². The van der Waals surface area contributed by atoms with Gasteiger partial charge in [0, 0.05) is 13.3 Å². The van der Waals surface area contributed by atoms with Crippen LogP contribution in [0.2, 0.25) is 0 Å². The average Bonchev–Trinajstić information content (AvgIpc) is 2.32. The van der Waals surface area contributed by atoms with Gasteiger partial charge in [-0.25, -0.2) is 4.98 Å². The molecule has 0 bridgehead atoms. The quantitative estimate of drug-likeness (QED) is 0.803. The molecule has 1 atom stereocenters. The molecule has 0 saturated heterocycles. The Labute approximate surface area is 108 Å². The van der Waals surface area contributed by atoms with E-state index in [2.05, 4.69) is 10.3 Å². The van der Waals surface area contributed by atoms with Crippen LogP contribution in [0.1, 0.15) is 18.9 Å². The van der Waals surface area contributed by atoms with E-state index in [1.54, 1.807) is 19.4 Å². The molecular weight excluding hydrogens is 232 g/mol. The number of rotatable bonds is 7.